The summed E-state index contributed by atoms with van der Waals surface area (Å²) in [4.78, 5) is 2.41. The molecule has 0 saturated carbocycles. The van der Waals surface area contributed by atoms with Crippen LogP contribution in [0.1, 0.15) is 32.8 Å². The van der Waals surface area contributed by atoms with Crippen LogP contribution in [0.3, 0.4) is 0 Å². The highest BCUT2D eigenvalue weighted by Gasteiger charge is 2.21. The second-order valence-electron chi connectivity index (χ2n) is 7.12. The molecule has 1 fully saturated rings. The zero-order chi connectivity index (χ0) is 17.6. The van der Waals surface area contributed by atoms with Gasteiger partial charge in [0.2, 0.25) is 5.75 Å². The molecule has 1 aromatic carbocycles. The zero-order valence-electron chi connectivity index (χ0n) is 15.7. The lowest BCUT2D eigenvalue weighted by molar-refractivity contribution is 0.0357. The van der Waals surface area contributed by atoms with Crippen LogP contribution in [0.25, 0.3) is 0 Å². The first-order chi connectivity index (χ1) is 11.5. The highest BCUT2D eigenvalue weighted by molar-refractivity contribution is 5.55. The second-order valence-corrected chi connectivity index (χ2v) is 7.12. The summed E-state index contributed by atoms with van der Waals surface area (Å²) in [6.07, 6.45) is 0.966. The lowest BCUT2D eigenvalue weighted by Gasteiger charge is -2.26. The van der Waals surface area contributed by atoms with Gasteiger partial charge in [0.05, 0.1) is 34.0 Å². The van der Waals surface area contributed by atoms with Crippen LogP contribution < -0.4 is 14.2 Å². The first-order valence-corrected chi connectivity index (χ1v) is 8.65. The Balaban J connectivity index is 2.00. The second kappa shape index (κ2) is 8.58. The van der Waals surface area contributed by atoms with Crippen molar-refractivity contribution in [1.82, 2.24) is 4.90 Å². The van der Waals surface area contributed by atoms with E-state index in [2.05, 4.69) is 25.7 Å². The van der Waals surface area contributed by atoms with E-state index >= 15 is 0 Å². The summed E-state index contributed by atoms with van der Waals surface area (Å²) in [5, 5.41) is 0. The lowest BCUT2D eigenvalue weighted by Crippen LogP contribution is -2.37. The fraction of sp³-hybridized carbons (Fsp3) is 0.684. The number of methoxy groups -OCH3 is 2. The van der Waals surface area contributed by atoms with Crippen molar-refractivity contribution in [2.75, 3.05) is 53.7 Å². The largest absolute Gasteiger partial charge is 0.493 e. The average molecular weight is 337 g/mol. The summed E-state index contributed by atoms with van der Waals surface area (Å²) >= 11 is 0. The Morgan fingerprint density at radius 3 is 2.12 bits per heavy atom. The first-order valence-electron chi connectivity index (χ1n) is 8.65. The lowest BCUT2D eigenvalue weighted by atomic mass is 9.86. The summed E-state index contributed by atoms with van der Waals surface area (Å²) < 4.78 is 22.4. The van der Waals surface area contributed by atoms with Gasteiger partial charge in [0, 0.05) is 19.6 Å². The molecule has 0 bridgehead atoms. The van der Waals surface area contributed by atoms with Crippen LogP contribution >= 0.6 is 0 Å². The van der Waals surface area contributed by atoms with Crippen molar-refractivity contribution in [3.05, 3.63) is 17.7 Å². The molecule has 24 heavy (non-hydrogen) atoms. The number of hydrogen-bond acceptors (Lipinski definition) is 5. The Morgan fingerprint density at radius 1 is 1.04 bits per heavy atom. The number of nitrogens with zero attached hydrogens (tertiary/aromatic N) is 1. The van der Waals surface area contributed by atoms with Gasteiger partial charge in [-0.25, -0.2) is 0 Å². The molecule has 1 saturated heterocycles. The van der Waals surface area contributed by atoms with E-state index < -0.39 is 0 Å². The van der Waals surface area contributed by atoms with E-state index in [0.717, 1.165) is 56.3 Å². The monoisotopic (exact) mass is 337 g/mol. The van der Waals surface area contributed by atoms with Crippen molar-refractivity contribution in [2.24, 2.45) is 0 Å². The summed E-state index contributed by atoms with van der Waals surface area (Å²) in [6.45, 7) is 11.8. The van der Waals surface area contributed by atoms with Gasteiger partial charge in [-0.15, -0.1) is 0 Å². The number of morpholine rings is 1. The standard InChI is InChI=1S/C19H31NO4/c1-19(2,3)15-13-16(21-4)18(17(14-15)22-5)24-10-6-7-20-8-11-23-12-9-20/h13-14H,6-12H2,1-5H3. The molecule has 0 spiro atoms. The molecule has 0 amide bonds. The van der Waals surface area contributed by atoms with E-state index in [4.69, 9.17) is 18.9 Å². The summed E-state index contributed by atoms with van der Waals surface area (Å²) in [7, 11) is 3.34. The smallest absolute Gasteiger partial charge is 0.203 e. The third-order valence-electron chi connectivity index (χ3n) is 4.30. The van der Waals surface area contributed by atoms with Gasteiger partial charge < -0.3 is 18.9 Å². The third kappa shape index (κ3) is 5.02. The molecular formula is C19H31NO4. The predicted octanol–water partition coefficient (Wildman–Crippen LogP) is 3.10. The Labute approximate surface area is 145 Å². The van der Waals surface area contributed by atoms with E-state index in [-0.39, 0.29) is 5.41 Å². The van der Waals surface area contributed by atoms with Crippen molar-refractivity contribution >= 4 is 0 Å². The molecule has 136 valence electrons. The van der Waals surface area contributed by atoms with Gasteiger partial charge >= 0.3 is 0 Å². The number of benzene rings is 1. The van der Waals surface area contributed by atoms with Gasteiger partial charge in [-0.3, -0.25) is 4.90 Å². The third-order valence-corrected chi connectivity index (χ3v) is 4.30. The number of ether oxygens (including phenoxy) is 4. The fourth-order valence-electron chi connectivity index (χ4n) is 2.74. The topological polar surface area (TPSA) is 40.2 Å². The molecule has 1 heterocycles. The molecule has 5 heteroatoms. The van der Waals surface area contributed by atoms with Crippen molar-refractivity contribution < 1.29 is 18.9 Å². The molecule has 0 radical (unpaired) electrons. The SMILES string of the molecule is COc1cc(C(C)(C)C)cc(OC)c1OCCCN1CCOCC1. The molecule has 1 aliphatic rings. The Hall–Kier alpha value is -1.46. The van der Waals surface area contributed by atoms with Crippen molar-refractivity contribution in [2.45, 2.75) is 32.6 Å². The van der Waals surface area contributed by atoms with Gasteiger partial charge in [0.25, 0.3) is 0 Å². The molecule has 2 rings (SSSR count). The highest BCUT2D eigenvalue weighted by atomic mass is 16.5. The Morgan fingerprint density at radius 2 is 1.62 bits per heavy atom. The maximum absolute atomic E-state index is 6.00. The average Bonchev–Trinajstić information content (AvgIpc) is 2.58. The van der Waals surface area contributed by atoms with Crippen molar-refractivity contribution in [1.29, 1.82) is 0 Å². The van der Waals surface area contributed by atoms with Crippen LogP contribution in [0.15, 0.2) is 12.1 Å². The minimum absolute atomic E-state index is 0.0232. The minimum atomic E-state index is 0.0232. The van der Waals surface area contributed by atoms with E-state index in [1.165, 1.54) is 0 Å². The van der Waals surface area contributed by atoms with Gasteiger partial charge in [-0.1, -0.05) is 20.8 Å². The fourth-order valence-corrected chi connectivity index (χ4v) is 2.74. The maximum Gasteiger partial charge on any atom is 0.203 e. The van der Waals surface area contributed by atoms with Crippen LogP contribution in [0.4, 0.5) is 0 Å². The molecule has 5 nitrogen and oxygen atoms in total. The Bertz CT molecular complexity index is 494. The van der Waals surface area contributed by atoms with E-state index in [0.29, 0.717) is 12.4 Å². The molecule has 1 aromatic rings. The quantitative estimate of drug-likeness (QED) is 0.715. The minimum Gasteiger partial charge on any atom is -0.493 e. The van der Waals surface area contributed by atoms with E-state index in [1.54, 1.807) is 14.2 Å². The van der Waals surface area contributed by atoms with E-state index in [1.807, 2.05) is 12.1 Å². The number of rotatable bonds is 7. The Kier molecular flexibility index (Phi) is 6.75. The van der Waals surface area contributed by atoms with E-state index in [9.17, 15) is 0 Å². The van der Waals surface area contributed by atoms with Crippen molar-refractivity contribution in [3.63, 3.8) is 0 Å². The molecule has 1 aliphatic heterocycles. The van der Waals surface area contributed by atoms with Crippen LogP contribution in [-0.4, -0.2) is 58.6 Å². The predicted molar refractivity (Wildman–Crippen MR) is 95.6 cm³/mol. The molecule has 0 atom stereocenters. The summed E-state index contributed by atoms with van der Waals surface area (Å²) in [5.41, 5.74) is 1.19. The molecule has 0 unspecified atom stereocenters. The van der Waals surface area contributed by atoms with Gasteiger partial charge in [0.15, 0.2) is 11.5 Å². The van der Waals surface area contributed by atoms with Crippen LogP contribution in [-0.2, 0) is 10.2 Å². The molecule has 0 N–H and O–H groups in total. The highest BCUT2D eigenvalue weighted by Crippen LogP contribution is 2.41. The molecule has 0 aliphatic carbocycles. The molecule has 0 aromatic heterocycles. The maximum atomic E-state index is 6.00. The molecular weight excluding hydrogens is 306 g/mol. The van der Waals surface area contributed by atoms with Gasteiger partial charge in [-0.05, 0) is 29.5 Å². The van der Waals surface area contributed by atoms with Gasteiger partial charge in [-0.2, -0.15) is 0 Å². The van der Waals surface area contributed by atoms with Crippen LogP contribution in [0.2, 0.25) is 0 Å². The van der Waals surface area contributed by atoms with Gasteiger partial charge in [0.1, 0.15) is 0 Å². The summed E-state index contributed by atoms with van der Waals surface area (Å²) in [5.74, 6) is 2.14. The number of hydrogen-bond donors (Lipinski definition) is 0. The van der Waals surface area contributed by atoms with Crippen molar-refractivity contribution in [3.8, 4) is 17.2 Å². The zero-order valence-corrected chi connectivity index (χ0v) is 15.7. The summed E-state index contributed by atoms with van der Waals surface area (Å²) in [6, 6.07) is 4.08. The normalized spacial score (nSPS) is 16.0. The first kappa shape index (κ1) is 18.9. The van der Waals surface area contributed by atoms with Crippen LogP contribution in [0.5, 0.6) is 17.2 Å². The van der Waals surface area contributed by atoms with Crippen LogP contribution in [0, 0.1) is 0 Å².